The number of halogens is 3. The summed E-state index contributed by atoms with van der Waals surface area (Å²) in [6, 6.07) is 4.40. The number of nitrogens with zero attached hydrogens (tertiary/aromatic N) is 6. The molecule has 3 aromatic rings. The Morgan fingerprint density at radius 2 is 2.04 bits per heavy atom. The molecule has 0 aromatic carbocycles. The van der Waals surface area contributed by atoms with Crippen LogP contribution in [0.1, 0.15) is 34.0 Å². The van der Waals surface area contributed by atoms with Crippen LogP contribution >= 0.6 is 11.6 Å². The van der Waals surface area contributed by atoms with Gasteiger partial charge in [0, 0.05) is 25.5 Å². The molecule has 1 amide bonds. The molecule has 0 atom stereocenters. The molecular weight excluding hydrogens is 390 g/mol. The van der Waals surface area contributed by atoms with Crippen LogP contribution in [-0.2, 0) is 13.1 Å². The minimum absolute atomic E-state index is 0.101. The summed E-state index contributed by atoms with van der Waals surface area (Å²) in [4.78, 5) is 30.9. The molecule has 0 saturated carbocycles. The van der Waals surface area contributed by atoms with Crippen molar-refractivity contribution in [1.82, 2.24) is 29.4 Å². The van der Waals surface area contributed by atoms with E-state index < -0.39 is 6.43 Å². The summed E-state index contributed by atoms with van der Waals surface area (Å²) < 4.78 is 27.5. The lowest BCUT2D eigenvalue weighted by Crippen LogP contribution is -2.40. The molecule has 0 radical (unpaired) electrons. The van der Waals surface area contributed by atoms with Crippen molar-refractivity contribution in [3.8, 4) is 11.4 Å². The zero-order chi connectivity index (χ0) is 19.8. The van der Waals surface area contributed by atoms with Crippen molar-refractivity contribution < 1.29 is 13.6 Å². The van der Waals surface area contributed by atoms with Crippen LogP contribution in [0.25, 0.3) is 11.4 Å². The molecule has 4 heterocycles. The maximum absolute atomic E-state index is 12.8. The first-order chi connectivity index (χ1) is 13.4. The molecule has 144 valence electrons. The van der Waals surface area contributed by atoms with Gasteiger partial charge < -0.3 is 9.47 Å². The fraction of sp³-hybridized carbons (Fsp3) is 0.278. The minimum atomic E-state index is -2.65. The highest BCUT2D eigenvalue weighted by molar-refractivity contribution is 6.28. The van der Waals surface area contributed by atoms with Gasteiger partial charge in [0.25, 0.3) is 12.3 Å². The molecule has 1 aliphatic heterocycles. The van der Waals surface area contributed by atoms with E-state index in [2.05, 4.69) is 19.9 Å². The zero-order valence-corrected chi connectivity index (χ0v) is 15.6. The zero-order valence-electron chi connectivity index (χ0n) is 14.8. The van der Waals surface area contributed by atoms with E-state index in [1.807, 2.05) is 6.92 Å². The summed E-state index contributed by atoms with van der Waals surface area (Å²) >= 11 is 5.88. The highest BCUT2D eigenvalue weighted by Gasteiger charge is 2.28. The van der Waals surface area contributed by atoms with Gasteiger partial charge >= 0.3 is 0 Å². The van der Waals surface area contributed by atoms with Crippen LogP contribution in [0.15, 0.2) is 30.6 Å². The normalized spacial score (nSPS) is 13.9. The molecule has 0 saturated heterocycles. The Labute approximate surface area is 164 Å². The predicted molar refractivity (Wildman–Crippen MR) is 96.9 cm³/mol. The lowest BCUT2D eigenvalue weighted by molar-refractivity contribution is 0.0680. The summed E-state index contributed by atoms with van der Waals surface area (Å²) in [6.07, 6.45) is 0.700. The van der Waals surface area contributed by atoms with Gasteiger partial charge in [0.1, 0.15) is 11.4 Å². The number of amides is 1. The van der Waals surface area contributed by atoms with Crippen LogP contribution in [0.3, 0.4) is 0 Å². The van der Waals surface area contributed by atoms with Crippen LogP contribution < -0.4 is 0 Å². The van der Waals surface area contributed by atoms with Crippen molar-refractivity contribution >= 4 is 17.5 Å². The number of carbonyl (C=O) groups is 1. The van der Waals surface area contributed by atoms with E-state index in [0.29, 0.717) is 30.2 Å². The monoisotopic (exact) mass is 404 g/mol. The number of hydrogen-bond acceptors (Lipinski definition) is 5. The van der Waals surface area contributed by atoms with Crippen molar-refractivity contribution in [3.05, 3.63) is 58.7 Å². The largest absolute Gasteiger partial charge is 0.328 e. The standard InChI is InChI=1S/C18H15ClF2N6O/c1-10-7-22-18(19)25-14(10)13-9-26-5-6-27(17(28)16(26)24-13)8-11-3-2-4-12(23-11)15(20)21/h2-4,7,9,15H,5-6,8H2,1H3. The average Bonchev–Trinajstić information content (AvgIpc) is 3.11. The molecule has 3 aromatic heterocycles. The van der Waals surface area contributed by atoms with E-state index >= 15 is 0 Å². The molecule has 0 fully saturated rings. The van der Waals surface area contributed by atoms with Gasteiger partial charge in [-0.15, -0.1) is 0 Å². The lowest BCUT2D eigenvalue weighted by Gasteiger charge is -2.27. The van der Waals surface area contributed by atoms with Crippen molar-refractivity contribution in [3.63, 3.8) is 0 Å². The molecule has 0 spiro atoms. The molecule has 28 heavy (non-hydrogen) atoms. The van der Waals surface area contributed by atoms with Crippen LogP contribution in [0.5, 0.6) is 0 Å². The van der Waals surface area contributed by atoms with Gasteiger partial charge in [0.05, 0.1) is 17.9 Å². The SMILES string of the molecule is Cc1cnc(Cl)nc1-c1cn2c(n1)C(=O)N(Cc1cccc(C(F)F)n1)CC2. The summed E-state index contributed by atoms with van der Waals surface area (Å²) in [5.41, 5.74) is 1.99. The first-order valence-corrected chi connectivity index (χ1v) is 8.90. The third kappa shape index (κ3) is 3.45. The van der Waals surface area contributed by atoms with Crippen molar-refractivity contribution in [2.45, 2.75) is 26.4 Å². The second kappa shape index (κ2) is 7.23. The number of aryl methyl sites for hydroxylation is 1. The van der Waals surface area contributed by atoms with Gasteiger partial charge in [-0.1, -0.05) is 6.07 Å². The van der Waals surface area contributed by atoms with E-state index in [1.54, 1.807) is 27.9 Å². The van der Waals surface area contributed by atoms with Crippen LogP contribution in [-0.4, -0.2) is 41.9 Å². The van der Waals surface area contributed by atoms with Gasteiger partial charge in [-0.25, -0.2) is 28.7 Å². The number of carbonyl (C=O) groups excluding carboxylic acids is 1. The van der Waals surface area contributed by atoms with E-state index in [0.717, 1.165) is 5.56 Å². The maximum Gasteiger partial charge on any atom is 0.290 e. The molecule has 1 aliphatic rings. The third-order valence-electron chi connectivity index (χ3n) is 4.46. The number of hydrogen-bond donors (Lipinski definition) is 0. The Bertz CT molecular complexity index is 1050. The summed E-state index contributed by atoms with van der Waals surface area (Å²) in [6.45, 7) is 2.92. The summed E-state index contributed by atoms with van der Waals surface area (Å²) in [7, 11) is 0. The molecule has 7 nitrogen and oxygen atoms in total. The predicted octanol–water partition coefficient (Wildman–Crippen LogP) is 3.29. The van der Waals surface area contributed by atoms with Gasteiger partial charge in [-0.2, -0.15) is 0 Å². The number of aromatic nitrogens is 5. The molecule has 0 N–H and O–H groups in total. The summed E-state index contributed by atoms with van der Waals surface area (Å²) in [5, 5.41) is 0.101. The van der Waals surface area contributed by atoms with Crippen molar-refractivity contribution in [2.24, 2.45) is 0 Å². The van der Waals surface area contributed by atoms with E-state index in [4.69, 9.17) is 11.6 Å². The highest BCUT2D eigenvalue weighted by atomic mass is 35.5. The quantitative estimate of drug-likeness (QED) is 0.623. The molecule has 10 heteroatoms. The molecule has 0 bridgehead atoms. The fourth-order valence-corrected chi connectivity index (χ4v) is 3.21. The average molecular weight is 405 g/mol. The van der Waals surface area contributed by atoms with Crippen molar-refractivity contribution in [1.29, 1.82) is 0 Å². The van der Waals surface area contributed by atoms with Gasteiger partial charge in [0.15, 0.2) is 5.82 Å². The summed E-state index contributed by atoms with van der Waals surface area (Å²) in [5.74, 6) is -0.0278. The van der Waals surface area contributed by atoms with Gasteiger partial charge in [-0.05, 0) is 36.2 Å². The Morgan fingerprint density at radius 1 is 1.21 bits per heavy atom. The smallest absolute Gasteiger partial charge is 0.290 e. The number of rotatable bonds is 4. The molecule has 4 rings (SSSR count). The minimum Gasteiger partial charge on any atom is -0.328 e. The topological polar surface area (TPSA) is 76.8 Å². The molecule has 0 aliphatic carbocycles. The first-order valence-electron chi connectivity index (χ1n) is 8.52. The second-order valence-electron chi connectivity index (χ2n) is 6.39. The number of fused-ring (bicyclic) bond motifs is 1. The van der Waals surface area contributed by atoms with Crippen LogP contribution in [0.2, 0.25) is 5.28 Å². The third-order valence-corrected chi connectivity index (χ3v) is 4.64. The lowest BCUT2D eigenvalue weighted by atomic mass is 10.2. The maximum atomic E-state index is 12.8. The number of alkyl halides is 2. The van der Waals surface area contributed by atoms with Gasteiger partial charge in [-0.3, -0.25) is 4.79 Å². The van der Waals surface area contributed by atoms with E-state index in [9.17, 15) is 13.6 Å². The van der Waals surface area contributed by atoms with Crippen molar-refractivity contribution in [2.75, 3.05) is 6.54 Å². The first kappa shape index (κ1) is 18.4. The van der Waals surface area contributed by atoms with E-state index in [1.165, 1.54) is 12.1 Å². The van der Waals surface area contributed by atoms with E-state index in [-0.39, 0.29) is 29.3 Å². The number of imidazole rings is 1. The number of pyridine rings is 1. The van der Waals surface area contributed by atoms with Gasteiger partial charge in [0.2, 0.25) is 5.28 Å². The van der Waals surface area contributed by atoms with Crippen LogP contribution in [0.4, 0.5) is 8.78 Å². The second-order valence-corrected chi connectivity index (χ2v) is 6.73. The Hall–Kier alpha value is -2.94. The van der Waals surface area contributed by atoms with Crippen LogP contribution in [0, 0.1) is 6.92 Å². The molecule has 0 unspecified atom stereocenters. The fourth-order valence-electron chi connectivity index (χ4n) is 3.08. The Balaban J connectivity index is 1.60. The molecular formula is C18H15ClF2N6O. The highest BCUT2D eigenvalue weighted by Crippen LogP contribution is 2.24. The Kier molecular flexibility index (Phi) is 4.76. The Morgan fingerprint density at radius 3 is 2.82 bits per heavy atom.